The van der Waals surface area contributed by atoms with Gasteiger partial charge in [-0.25, -0.2) is 4.98 Å². The van der Waals surface area contributed by atoms with Crippen molar-refractivity contribution in [2.45, 2.75) is 32.9 Å². The average Bonchev–Trinajstić information content (AvgIpc) is 2.65. The number of hydrogen-bond acceptors (Lipinski definition) is 3. The molecule has 0 saturated heterocycles. The third kappa shape index (κ3) is 3.36. The molecule has 0 bridgehead atoms. The molecule has 1 heterocycles. The van der Waals surface area contributed by atoms with E-state index in [1.165, 1.54) is 0 Å². The summed E-state index contributed by atoms with van der Waals surface area (Å²) in [4.78, 5) is 15.0. The number of aryl methyl sites for hydroxylation is 1. The van der Waals surface area contributed by atoms with Gasteiger partial charge in [-0.15, -0.1) is 0 Å². The minimum absolute atomic E-state index is 0.427. The lowest BCUT2D eigenvalue weighted by molar-refractivity contribution is -0.139. The molecule has 0 aliphatic carbocycles. The smallest absolute Gasteiger partial charge is 0.321 e. The maximum atomic E-state index is 10.9. The van der Waals surface area contributed by atoms with Gasteiger partial charge < -0.3 is 15.0 Å². The van der Waals surface area contributed by atoms with Gasteiger partial charge in [0.2, 0.25) is 0 Å². The maximum Gasteiger partial charge on any atom is 0.321 e. The molecule has 0 aromatic carbocycles. The second-order valence-electron chi connectivity index (χ2n) is 3.35. The van der Waals surface area contributed by atoms with E-state index in [0.29, 0.717) is 13.0 Å². The monoisotopic (exact) mass is 211 g/mol. The molecule has 2 N–H and O–H groups in total. The number of aromatic nitrogens is 2. The molecule has 0 radical (unpaired) electrons. The zero-order valence-electron chi connectivity index (χ0n) is 9.10. The zero-order chi connectivity index (χ0) is 11.3. The normalized spacial score (nSPS) is 12.7. The summed E-state index contributed by atoms with van der Waals surface area (Å²) < 4.78 is 1.93. The summed E-state index contributed by atoms with van der Waals surface area (Å²) in [6.45, 7) is 5.41. The molecule has 1 rings (SSSR count). The summed E-state index contributed by atoms with van der Waals surface area (Å²) in [6, 6.07) is -0.546. The Labute approximate surface area is 89.1 Å². The third-order valence-electron chi connectivity index (χ3n) is 2.21. The first kappa shape index (κ1) is 11.7. The molecule has 0 unspecified atom stereocenters. The Morgan fingerprint density at radius 1 is 1.67 bits per heavy atom. The van der Waals surface area contributed by atoms with Crippen LogP contribution in [-0.2, 0) is 17.8 Å². The van der Waals surface area contributed by atoms with E-state index in [0.717, 1.165) is 12.2 Å². The second kappa shape index (κ2) is 5.50. The van der Waals surface area contributed by atoms with Gasteiger partial charge in [0.25, 0.3) is 0 Å². The molecule has 0 amide bonds. The van der Waals surface area contributed by atoms with Gasteiger partial charge in [0.05, 0.1) is 12.0 Å². The highest BCUT2D eigenvalue weighted by Crippen LogP contribution is 2.01. The highest BCUT2D eigenvalue weighted by atomic mass is 16.4. The molecule has 84 valence electrons. The molecule has 1 aromatic rings. The third-order valence-corrected chi connectivity index (χ3v) is 2.21. The average molecular weight is 211 g/mol. The first-order chi connectivity index (χ1) is 7.17. The van der Waals surface area contributed by atoms with E-state index in [1.807, 2.05) is 24.6 Å². The fourth-order valence-corrected chi connectivity index (χ4v) is 1.39. The summed E-state index contributed by atoms with van der Waals surface area (Å²) in [6.07, 6.45) is 4.03. The van der Waals surface area contributed by atoms with Crippen molar-refractivity contribution in [2.75, 3.05) is 6.54 Å². The number of aliphatic carboxylic acids is 1. The van der Waals surface area contributed by atoms with Crippen LogP contribution in [0.15, 0.2) is 12.5 Å². The topological polar surface area (TPSA) is 67.2 Å². The van der Waals surface area contributed by atoms with Crippen LogP contribution in [0.3, 0.4) is 0 Å². The summed E-state index contributed by atoms with van der Waals surface area (Å²) in [5.74, 6) is -0.831. The first-order valence-electron chi connectivity index (χ1n) is 5.14. The first-order valence-corrected chi connectivity index (χ1v) is 5.14. The SMILES string of the molecule is CCN[C@@H](Cc1cn(CC)cn1)C(=O)O. The summed E-state index contributed by atoms with van der Waals surface area (Å²) in [5, 5.41) is 11.8. The van der Waals surface area contributed by atoms with Crippen molar-refractivity contribution < 1.29 is 9.90 Å². The molecular formula is C10H17N3O2. The van der Waals surface area contributed by atoms with Crippen molar-refractivity contribution >= 4 is 5.97 Å². The summed E-state index contributed by atoms with van der Waals surface area (Å²) in [5.41, 5.74) is 0.810. The van der Waals surface area contributed by atoms with Gasteiger partial charge in [0, 0.05) is 19.2 Å². The maximum absolute atomic E-state index is 10.9. The molecule has 5 heteroatoms. The lowest BCUT2D eigenvalue weighted by Crippen LogP contribution is -2.38. The Morgan fingerprint density at radius 3 is 2.87 bits per heavy atom. The van der Waals surface area contributed by atoms with Crippen molar-refractivity contribution in [1.29, 1.82) is 0 Å². The Hall–Kier alpha value is -1.36. The predicted octanol–water partition coefficient (Wildman–Crippen LogP) is 0.508. The van der Waals surface area contributed by atoms with Crippen LogP contribution in [0, 0.1) is 0 Å². The van der Waals surface area contributed by atoms with Crippen LogP contribution in [0.1, 0.15) is 19.5 Å². The summed E-state index contributed by atoms with van der Waals surface area (Å²) >= 11 is 0. The zero-order valence-corrected chi connectivity index (χ0v) is 9.10. The molecule has 1 atom stereocenters. The standard InChI is InChI=1S/C10H17N3O2/c1-3-11-9(10(14)15)5-8-6-13(4-2)7-12-8/h6-7,9,11H,3-5H2,1-2H3,(H,14,15)/t9-/m0/s1. The Morgan fingerprint density at radius 2 is 2.40 bits per heavy atom. The Balaban J connectivity index is 2.61. The van der Waals surface area contributed by atoms with Gasteiger partial charge in [0.15, 0.2) is 0 Å². The number of carbonyl (C=O) groups is 1. The van der Waals surface area contributed by atoms with Crippen molar-refractivity contribution in [3.63, 3.8) is 0 Å². The molecular weight excluding hydrogens is 194 g/mol. The van der Waals surface area contributed by atoms with Crippen LogP contribution in [0.4, 0.5) is 0 Å². The molecule has 1 aromatic heterocycles. The minimum Gasteiger partial charge on any atom is -0.480 e. The van der Waals surface area contributed by atoms with Crippen LogP contribution in [0.25, 0.3) is 0 Å². The van der Waals surface area contributed by atoms with Crippen LogP contribution < -0.4 is 5.32 Å². The highest BCUT2D eigenvalue weighted by molar-refractivity contribution is 5.73. The molecule has 0 fully saturated rings. The highest BCUT2D eigenvalue weighted by Gasteiger charge is 2.17. The van der Waals surface area contributed by atoms with E-state index in [1.54, 1.807) is 6.33 Å². The van der Waals surface area contributed by atoms with Crippen molar-refractivity contribution in [1.82, 2.24) is 14.9 Å². The van der Waals surface area contributed by atoms with Crippen LogP contribution >= 0.6 is 0 Å². The van der Waals surface area contributed by atoms with E-state index in [-0.39, 0.29) is 0 Å². The summed E-state index contributed by atoms with van der Waals surface area (Å²) in [7, 11) is 0. The molecule has 0 aliphatic heterocycles. The van der Waals surface area contributed by atoms with E-state index >= 15 is 0 Å². The number of rotatable bonds is 6. The number of imidazole rings is 1. The quantitative estimate of drug-likeness (QED) is 0.719. The van der Waals surface area contributed by atoms with Crippen LogP contribution in [0.2, 0.25) is 0 Å². The van der Waals surface area contributed by atoms with Gasteiger partial charge in [-0.1, -0.05) is 6.92 Å². The number of nitrogens with zero attached hydrogens (tertiary/aromatic N) is 2. The molecule has 0 spiro atoms. The van der Waals surface area contributed by atoms with E-state index < -0.39 is 12.0 Å². The molecule has 15 heavy (non-hydrogen) atoms. The molecule has 5 nitrogen and oxygen atoms in total. The van der Waals surface area contributed by atoms with E-state index in [9.17, 15) is 4.79 Å². The molecule has 0 saturated carbocycles. The fourth-order valence-electron chi connectivity index (χ4n) is 1.39. The number of likely N-dealkylation sites (N-methyl/N-ethyl adjacent to an activating group) is 1. The number of carboxylic acid groups (broad SMARTS) is 1. The van der Waals surface area contributed by atoms with Gasteiger partial charge in [-0.05, 0) is 13.5 Å². The fraction of sp³-hybridized carbons (Fsp3) is 0.600. The lowest BCUT2D eigenvalue weighted by Gasteiger charge is -2.10. The Kier molecular flexibility index (Phi) is 4.30. The van der Waals surface area contributed by atoms with E-state index in [2.05, 4.69) is 10.3 Å². The number of hydrogen-bond donors (Lipinski definition) is 2. The van der Waals surface area contributed by atoms with Gasteiger partial charge >= 0.3 is 5.97 Å². The van der Waals surface area contributed by atoms with Gasteiger partial charge in [0.1, 0.15) is 6.04 Å². The largest absolute Gasteiger partial charge is 0.480 e. The van der Waals surface area contributed by atoms with Gasteiger partial charge in [-0.2, -0.15) is 0 Å². The van der Waals surface area contributed by atoms with E-state index in [4.69, 9.17) is 5.11 Å². The minimum atomic E-state index is -0.831. The van der Waals surface area contributed by atoms with Gasteiger partial charge in [-0.3, -0.25) is 4.79 Å². The number of carboxylic acids is 1. The predicted molar refractivity (Wildman–Crippen MR) is 56.7 cm³/mol. The van der Waals surface area contributed by atoms with Crippen molar-refractivity contribution in [3.05, 3.63) is 18.2 Å². The number of nitrogens with one attached hydrogen (secondary N) is 1. The lowest BCUT2D eigenvalue weighted by atomic mass is 10.1. The van der Waals surface area contributed by atoms with Crippen LogP contribution in [-0.4, -0.2) is 33.2 Å². The van der Waals surface area contributed by atoms with Crippen molar-refractivity contribution in [3.8, 4) is 0 Å². The van der Waals surface area contributed by atoms with Crippen molar-refractivity contribution in [2.24, 2.45) is 0 Å². The second-order valence-corrected chi connectivity index (χ2v) is 3.35. The van der Waals surface area contributed by atoms with Crippen LogP contribution in [0.5, 0.6) is 0 Å². The molecule has 0 aliphatic rings. The Bertz CT molecular complexity index is 322.